The molecule has 1 saturated heterocycles. The van der Waals surface area contributed by atoms with E-state index in [0.717, 1.165) is 19.3 Å². The van der Waals surface area contributed by atoms with Gasteiger partial charge in [0.15, 0.2) is 0 Å². The number of piperidine rings is 1. The lowest BCUT2D eigenvalue weighted by molar-refractivity contribution is -0.135. The smallest absolute Gasteiger partial charge is 0.239 e. The molecule has 2 rings (SSSR count). The van der Waals surface area contributed by atoms with Crippen molar-refractivity contribution < 1.29 is 14.3 Å². The first-order chi connectivity index (χ1) is 11.5. The lowest BCUT2D eigenvalue weighted by Gasteiger charge is -2.34. The zero-order chi connectivity index (χ0) is 17.5. The van der Waals surface area contributed by atoms with Crippen molar-refractivity contribution in [1.29, 1.82) is 0 Å². The largest absolute Gasteiger partial charge is 0.396 e. The van der Waals surface area contributed by atoms with Gasteiger partial charge >= 0.3 is 0 Å². The molecular weight excluding hydrogens is 307 g/mol. The van der Waals surface area contributed by atoms with Gasteiger partial charge in [0.05, 0.1) is 6.04 Å². The number of nitrogens with zero attached hydrogens (tertiary/aromatic N) is 1. The van der Waals surface area contributed by atoms with Crippen molar-refractivity contribution in [3.8, 4) is 0 Å². The third-order valence-corrected chi connectivity index (χ3v) is 4.69. The molecule has 134 valence electrons. The molecule has 1 aromatic carbocycles. The molecule has 1 unspecified atom stereocenters. The van der Waals surface area contributed by atoms with Crippen molar-refractivity contribution in [2.45, 2.75) is 45.7 Å². The van der Waals surface area contributed by atoms with Crippen molar-refractivity contribution in [2.24, 2.45) is 11.8 Å². The van der Waals surface area contributed by atoms with Crippen LogP contribution >= 0.6 is 0 Å². The Morgan fingerprint density at radius 2 is 2.00 bits per heavy atom. The number of aliphatic hydroxyl groups is 1. The van der Waals surface area contributed by atoms with Gasteiger partial charge in [-0.15, -0.1) is 0 Å². The summed E-state index contributed by atoms with van der Waals surface area (Å²) in [4.78, 5) is 14.7. The van der Waals surface area contributed by atoms with Crippen LogP contribution in [0.2, 0.25) is 0 Å². The van der Waals surface area contributed by atoms with Crippen molar-refractivity contribution in [2.75, 3.05) is 19.7 Å². The van der Waals surface area contributed by atoms with Crippen molar-refractivity contribution in [3.63, 3.8) is 0 Å². The number of carbonyl (C=O) groups excluding carboxylic acids is 1. The minimum Gasteiger partial charge on any atom is -0.396 e. The second kappa shape index (κ2) is 9.14. The maximum Gasteiger partial charge on any atom is 0.239 e. The first kappa shape index (κ1) is 18.9. The topological polar surface area (TPSA) is 52.6 Å². The first-order valence-corrected chi connectivity index (χ1v) is 8.87. The molecule has 1 atom stereocenters. The Kier molecular flexibility index (Phi) is 7.18. The molecule has 1 amide bonds. The quantitative estimate of drug-likeness (QED) is 0.805. The monoisotopic (exact) mass is 336 g/mol. The van der Waals surface area contributed by atoms with Crippen molar-refractivity contribution in [1.82, 2.24) is 10.2 Å². The van der Waals surface area contributed by atoms with Gasteiger partial charge in [0.1, 0.15) is 5.82 Å². The maximum atomic E-state index is 13.8. The average Bonchev–Trinajstić information content (AvgIpc) is 2.59. The Morgan fingerprint density at radius 1 is 1.33 bits per heavy atom. The predicted octanol–water partition coefficient (Wildman–Crippen LogP) is 2.56. The minimum absolute atomic E-state index is 0.0939. The number of amides is 1. The summed E-state index contributed by atoms with van der Waals surface area (Å²) in [7, 11) is 0. The maximum absolute atomic E-state index is 13.8. The molecule has 24 heavy (non-hydrogen) atoms. The van der Waals surface area contributed by atoms with Gasteiger partial charge in [-0.2, -0.15) is 0 Å². The van der Waals surface area contributed by atoms with E-state index in [1.807, 2.05) is 4.90 Å². The van der Waals surface area contributed by atoms with Gasteiger partial charge in [-0.1, -0.05) is 32.0 Å². The van der Waals surface area contributed by atoms with Gasteiger partial charge in [-0.3, -0.25) is 4.79 Å². The van der Waals surface area contributed by atoms with E-state index in [-0.39, 0.29) is 24.4 Å². The average molecular weight is 336 g/mol. The Bertz CT molecular complexity index is 528. The normalized spacial score (nSPS) is 17.3. The van der Waals surface area contributed by atoms with Crippen molar-refractivity contribution in [3.05, 3.63) is 35.6 Å². The number of benzene rings is 1. The molecule has 0 radical (unpaired) electrons. The van der Waals surface area contributed by atoms with Crippen LogP contribution in [-0.4, -0.2) is 41.7 Å². The summed E-state index contributed by atoms with van der Waals surface area (Å²) in [6.45, 7) is 6.11. The minimum atomic E-state index is -0.296. The van der Waals surface area contributed by atoms with Crippen LogP contribution in [0.5, 0.6) is 0 Å². The SMILES string of the molecule is CC(C)CC(NCc1ccccc1F)C(=O)N1CCC(CO)CC1. The molecule has 1 fully saturated rings. The fraction of sp³-hybridized carbons (Fsp3) is 0.632. The molecule has 4 nitrogen and oxygen atoms in total. The van der Waals surface area contributed by atoms with Crippen LogP contribution in [0, 0.1) is 17.7 Å². The van der Waals surface area contributed by atoms with Gasteiger partial charge in [0.2, 0.25) is 5.91 Å². The molecule has 1 heterocycles. The molecule has 1 aromatic rings. The molecular formula is C19H29FN2O2. The molecule has 1 aliphatic rings. The van der Waals surface area contributed by atoms with E-state index in [4.69, 9.17) is 0 Å². The summed E-state index contributed by atoms with van der Waals surface area (Å²) in [6.07, 6.45) is 2.43. The third-order valence-electron chi connectivity index (χ3n) is 4.69. The number of hydrogen-bond acceptors (Lipinski definition) is 3. The number of hydrogen-bond donors (Lipinski definition) is 2. The molecule has 5 heteroatoms. The molecule has 0 aromatic heterocycles. The van der Waals surface area contributed by atoms with Crippen LogP contribution < -0.4 is 5.32 Å². The van der Waals surface area contributed by atoms with E-state index >= 15 is 0 Å². The summed E-state index contributed by atoms with van der Waals surface area (Å²) < 4.78 is 13.8. The highest BCUT2D eigenvalue weighted by Gasteiger charge is 2.28. The lowest BCUT2D eigenvalue weighted by atomic mass is 9.96. The van der Waals surface area contributed by atoms with E-state index in [0.29, 0.717) is 37.0 Å². The second-order valence-corrected chi connectivity index (χ2v) is 7.11. The summed E-state index contributed by atoms with van der Waals surface area (Å²) in [5.41, 5.74) is 0.582. The molecule has 0 saturated carbocycles. The number of nitrogens with one attached hydrogen (secondary N) is 1. The van der Waals surface area contributed by atoms with Crippen LogP contribution in [0.25, 0.3) is 0 Å². The van der Waals surface area contributed by atoms with E-state index < -0.39 is 0 Å². The Hall–Kier alpha value is -1.46. The highest BCUT2D eigenvalue weighted by atomic mass is 19.1. The number of aliphatic hydroxyl groups excluding tert-OH is 1. The van der Waals surface area contributed by atoms with E-state index in [2.05, 4.69) is 19.2 Å². The van der Waals surface area contributed by atoms with Crippen LogP contribution in [0.1, 0.15) is 38.7 Å². The molecule has 0 bridgehead atoms. The number of likely N-dealkylation sites (tertiary alicyclic amines) is 1. The molecule has 0 spiro atoms. The summed E-state index contributed by atoms with van der Waals surface area (Å²) in [6, 6.07) is 6.36. The fourth-order valence-corrected chi connectivity index (χ4v) is 3.17. The Labute approximate surface area is 144 Å². The second-order valence-electron chi connectivity index (χ2n) is 7.11. The Balaban J connectivity index is 1.97. The first-order valence-electron chi connectivity index (χ1n) is 8.87. The van der Waals surface area contributed by atoms with Gasteiger partial charge in [-0.05, 0) is 37.2 Å². The van der Waals surface area contributed by atoms with Gasteiger partial charge in [0.25, 0.3) is 0 Å². The Morgan fingerprint density at radius 3 is 2.58 bits per heavy atom. The van der Waals surface area contributed by atoms with E-state index in [1.54, 1.807) is 18.2 Å². The van der Waals surface area contributed by atoms with Crippen molar-refractivity contribution >= 4 is 5.91 Å². The standard InChI is InChI=1S/C19H29FN2O2/c1-14(2)11-18(21-12-16-5-3-4-6-17(16)20)19(24)22-9-7-15(13-23)8-10-22/h3-6,14-15,18,21,23H,7-13H2,1-2H3. The predicted molar refractivity (Wildman–Crippen MR) is 92.9 cm³/mol. The molecule has 2 N–H and O–H groups in total. The number of rotatable bonds is 7. The zero-order valence-electron chi connectivity index (χ0n) is 14.7. The van der Waals surface area contributed by atoms with Crippen LogP contribution in [0.3, 0.4) is 0 Å². The van der Waals surface area contributed by atoms with Gasteiger partial charge < -0.3 is 15.3 Å². The molecule has 0 aliphatic carbocycles. The zero-order valence-corrected chi connectivity index (χ0v) is 14.7. The summed E-state index contributed by atoms with van der Waals surface area (Å²) in [5.74, 6) is 0.534. The third kappa shape index (κ3) is 5.28. The summed E-state index contributed by atoms with van der Waals surface area (Å²) >= 11 is 0. The highest BCUT2D eigenvalue weighted by molar-refractivity contribution is 5.82. The van der Waals surface area contributed by atoms with Crippen LogP contribution in [0.15, 0.2) is 24.3 Å². The van der Waals surface area contributed by atoms with E-state index in [1.165, 1.54) is 6.07 Å². The molecule has 1 aliphatic heterocycles. The van der Waals surface area contributed by atoms with Crippen LogP contribution in [0.4, 0.5) is 4.39 Å². The summed E-state index contributed by atoms with van der Waals surface area (Å²) in [5, 5.41) is 12.5. The fourth-order valence-electron chi connectivity index (χ4n) is 3.17. The van der Waals surface area contributed by atoms with E-state index in [9.17, 15) is 14.3 Å². The highest BCUT2D eigenvalue weighted by Crippen LogP contribution is 2.19. The number of carbonyl (C=O) groups is 1. The van der Waals surface area contributed by atoms with Gasteiger partial charge in [0, 0.05) is 31.8 Å². The van der Waals surface area contributed by atoms with Gasteiger partial charge in [-0.25, -0.2) is 4.39 Å². The number of halogens is 1. The lowest BCUT2D eigenvalue weighted by Crippen LogP contribution is -2.49. The van der Waals surface area contributed by atoms with Crippen LogP contribution in [-0.2, 0) is 11.3 Å².